The van der Waals surface area contributed by atoms with Crippen LogP contribution in [-0.2, 0) is 12.8 Å². The van der Waals surface area contributed by atoms with Gasteiger partial charge in [0.2, 0.25) is 0 Å². The molecule has 0 fully saturated rings. The second-order valence-corrected chi connectivity index (χ2v) is 9.16. The summed E-state index contributed by atoms with van der Waals surface area (Å²) in [6.45, 7) is 0. The second-order valence-electron chi connectivity index (χ2n) is 9.16. The summed E-state index contributed by atoms with van der Waals surface area (Å²) in [6.07, 6.45) is 1.84. The van der Waals surface area contributed by atoms with Crippen LogP contribution in [0.2, 0.25) is 0 Å². The van der Waals surface area contributed by atoms with Crippen molar-refractivity contribution in [3.63, 3.8) is 0 Å². The van der Waals surface area contributed by atoms with Crippen molar-refractivity contribution in [3.8, 4) is 0 Å². The van der Waals surface area contributed by atoms with Gasteiger partial charge in [0.25, 0.3) is 0 Å². The van der Waals surface area contributed by atoms with Gasteiger partial charge in [-0.3, -0.25) is 0 Å². The van der Waals surface area contributed by atoms with E-state index in [2.05, 4.69) is 121 Å². The Hall–Kier alpha value is -4.30. The van der Waals surface area contributed by atoms with E-state index in [9.17, 15) is 0 Å². The number of nitrogens with zero attached hydrogens (tertiary/aromatic N) is 1. The quantitative estimate of drug-likeness (QED) is 0.251. The number of rotatable bonds is 6. The number of hydrogen-bond acceptors (Lipinski definition) is 2. The van der Waals surface area contributed by atoms with Crippen LogP contribution < -0.4 is 4.90 Å². The molecule has 170 valence electrons. The molecular formula is C33H27NO. The van der Waals surface area contributed by atoms with Crippen molar-refractivity contribution in [1.29, 1.82) is 0 Å². The highest BCUT2D eigenvalue weighted by Gasteiger charge is 2.09. The van der Waals surface area contributed by atoms with Crippen LogP contribution in [0.5, 0.6) is 0 Å². The molecule has 6 aromatic rings. The average Bonchev–Trinajstić information content (AvgIpc) is 3.28. The Kier molecular flexibility index (Phi) is 5.56. The van der Waals surface area contributed by atoms with Crippen molar-refractivity contribution >= 4 is 33.3 Å². The fourth-order valence-corrected chi connectivity index (χ4v) is 4.81. The van der Waals surface area contributed by atoms with Crippen molar-refractivity contribution in [2.45, 2.75) is 12.8 Å². The van der Waals surface area contributed by atoms with Gasteiger partial charge >= 0.3 is 0 Å². The van der Waals surface area contributed by atoms with E-state index in [0.29, 0.717) is 0 Å². The highest BCUT2D eigenvalue weighted by atomic mass is 16.3. The summed E-state index contributed by atoms with van der Waals surface area (Å²) in [6, 6.07) is 43.1. The van der Waals surface area contributed by atoms with Crippen molar-refractivity contribution in [2.75, 3.05) is 11.9 Å². The van der Waals surface area contributed by atoms with Gasteiger partial charge < -0.3 is 9.32 Å². The first kappa shape index (κ1) is 21.2. The van der Waals surface area contributed by atoms with Gasteiger partial charge in [-0.2, -0.15) is 0 Å². The number of furan rings is 1. The molecule has 2 heteroatoms. The number of benzene rings is 5. The van der Waals surface area contributed by atoms with Gasteiger partial charge in [-0.05, 0) is 77.6 Å². The minimum absolute atomic E-state index is 0.895. The average molecular weight is 454 g/mol. The molecule has 0 radical (unpaired) electrons. The third-order valence-corrected chi connectivity index (χ3v) is 6.72. The monoisotopic (exact) mass is 453 g/mol. The zero-order chi connectivity index (χ0) is 23.6. The van der Waals surface area contributed by atoms with Crippen LogP contribution in [-0.4, -0.2) is 7.05 Å². The van der Waals surface area contributed by atoms with Crippen LogP contribution in [0, 0.1) is 0 Å². The summed E-state index contributed by atoms with van der Waals surface area (Å²) in [5.41, 5.74) is 9.51. The van der Waals surface area contributed by atoms with Gasteiger partial charge in [0.1, 0.15) is 11.2 Å². The molecule has 0 aliphatic carbocycles. The molecule has 5 aromatic carbocycles. The van der Waals surface area contributed by atoms with Crippen molar-refractivity contribution in [2.24, 2.45) is 0 Å². The van der Waals surface area contributed by atoms with Crippen LogP contribution in [0.15, 0.2) is 126 Å². The molecule has 35 heavy (non-hydrogen) atoms. The largest absolute Gasteiger partial charge is 0.456 e. The molecule has 0 aliphatic heterocycles. The molecule has 6 rings (SSSR count). The first-order chi connectivity index (χ1) is 17.2. The Balaban J connectivity index is 1.19. The maximum absolute atomic E-state index is 5.98. The van der Waals surface area contributed by atoms with Crippen molar-refractivity contribution in [1.82, 2.24) is 0 Å². The second kappa shape index (κ2) is 9.15. The Morgan fingerprint density at radius 2 is 1.11 bits per heavy atom. The molecule has 0 spiro atoms. The fourth-order valence-electron chi connectivity index (χ4n) is 4.81. The highest BCUT2D eigenvalue weighted by Crippen LogP contribution is 2.30. The zero-order valence-corrected chi connectivity index (χ0v) is 19.8. The van der Waals surface area contributed by atoms with Gasteiger partial charge in [-0.15, -0.1) is 0 Å². The summed E-state index contributed by atoms with van der Waals surface area (Å²) in [4.78, 5) is 2.25. The van der Waals surface area contributed by atoms with E-state index in [0.717, 1.165) is 24.0 Å². The van der Waals surface area contributed by atoms with Gasteiger partial charge in [0.15, 0.2) is 0 Å². The van der Waals surface area contributed by atoms with E-state index < -0.39 is 0 Å². The normalized spacial score (nSPS) is 11.2. The molecule has 1 aromatic heterocycles. The predicted molar refractivity (Wildman–Crippen MR) is 147 cm³/mol. The van der Waals surface area contributed by atoms with Crippen molar-refractivity contribution < 1.29 is 4.42 Å². The smallest absolute Gasteiger partial charge is 0.135 e. The van der Waals surface area contributed by atoms with Crippen LogP contribution in [0.1, 0.15) is 22.3 Å². The number of hydrogen-bond donors (Lipinski definition) is 0. The number of anilines is 2. The summed E-state index contributed by atoms with van der Waals surface area (Å²) in [5.74, 6) is 0. The highest BCUT2D eigenvalue weighted by molar-refractivity contribution is 6.05. The van der Waals surface area contributed by atoms with E-state index in [1.165, 1.54) is 44.4 Å². The van der Waals surface area contributed by atoms with E-state index in [1.807, 2.05) is 12.1 Å². The minimum Gasteiger partial charge on any atom is -0.456 e. The predicted octanol–water partition coefficient (Wildman–Crippen LogP) is 8.54. The van der Waals surface area contributed by atoms with E-state index in [-0.39, 0.29) is 0 Å². The molecule has 0 N–H and O–H groups in total. The summed E-state index contributed by atoms with van der Waals surface area (Å²) < 4.78 is 5.98. The molecule has 0 atom stereocenters. The zero-order valence-electron chi connectivity index (χ0n) is 19.8. The van der Waals surface area contributed by atoms with Gasteiger partial charge in [0, 0.05) is 29.2 Å². The summed E-state index contributed by atoms with van der Waals surface area (Å²) in [5, 5.41) is 2.36. The molecular weight excluding hydrogens is 426 g/mol. The third kappa shape index (κ3) is 4.43. The van der Waals surface area contributed by atoms with Gasteiger partial charge in [0.05, 0.1) is 0 Å². The van der Waals surface area contributed by atoms with E-state index in [4.69, 9.17) is 4.42 Å². The molecule has 2 nitrogen and oxygen atoms in total. The molecule has 0 aliphatic rings. The first-order valence-corrected chi connectivity index (χ1v) is 12.1. The Morgan fingerprint density at radius 1 is 0.486 bits per heavy atom. The topological polar surface area (TPSA) is 16.4 Å². The molecule has 0 saturated heterocycles. The minimum atomic E-state index is 0.895. The fraction of sp³-hybridized carbons (Fsp3) is 0.0909. The lowest BCUT2D eigenvalue weighted by Gasteiger charge is -2.21. The SMILES string of the molecule is CN(c1ccc(Cc2ccc3oc4ccccc4c3c2)cc1)c1cccc(Cc2ccccc2)c1. The van der Waals surface area contributed by atoms with Crippen LogP contribution in [0.25, 0.3) is 21.9 Å². The van der Waals surface area contributed by atoms with Gasteiger partial charge in [-0.25, -0.2) is 0 Å². The number of para-hydroxylation sites is 1. The Morgan fingerprint density at radius 3 is 1.94 bits per heavy atom. The van der Waals surface area contributed by atoms with E-state index >= 15 is 0 Å². The maximum atomic E-state index is 5.98. The molecule has 0 bridgehead atoms. The summed E-state index contributed by atoms with van der Waals surface area (Å²) in [7, 11) is 2.13. The lowest BCUT2D eigenvalue weighted by Crippen LogP contribution is -2.09. The molecule has 0 unspecified atom stereocenters. The standard InChI is InChI=1S/C33H27NO/c1-34(29-11-7-10-26(22-29)20-24-8-3-2-4-9-24)28-17-14-25(15-18-28)21-27-16-19-33-31(23-27)30-12-5-6-13-32(30)35-33/h2-19,22-23H,20-21H2,1H3. The van der Waals surface area contributed by atoms with Crippen LogP contribution in [0.3, 0.4) is 0 Å². The van der Waals surface area contributed by atoms with Crippen molar-refractivity contribution in [3.05, 3.63) is 144 Å². The van der Waals surface area contributed by atoms with Gasteiger partial charge in [-0.1, -0.05) is 78.9 Å². The van der Waals surface area contributed by atoms with Crippen LogP contribution >= 0.6 is 0 Å². The Labute approximate surface area is 206 Å². The van der Waals surface area contributed by atoms with E-state index in [1.54, 1.807) is 0 Å². The lowest BCUT2D eigenvalue weighted by atomic mass is 10.0. The Bertz CT molecular complexity index is 1600. The third-order valence-electron chi connectivity index (χ3n) is 6.72. The molecule has 0 amide bonds. The molecule has 0 saturated carbocycles. The molecule has 1 heterocycles. The van der Waals surface area contributed by atoms with Crippen LogP contribution in [0.4, 0.5) is 11.4 Å². The summed E-state index contributed by atoms with van der Waals surface area (Å²) >= 11 is 0. The number of fused-ring (bicyclic) bond motifs is 3. The first-order valence-electron chi connectivity index (χ1n) is 12.1. The lowest BCUT2D eigenvalue weighted by molar-refractivity contribution is 0.669. The maximum Gasteiger partial charge on any atom is 0.135 e.